The van der Waals surface area contributed by atoms with Gasteiger partial charge in [-0.15, -0.1) is 0 Å². The van der Waals surface area contributed by atoms with E-state index in [1.165, 1.54) is 19.3 Å². The first kappa shape index (κ1) is 13.8. The maximum absolute atomic E-state index is 5.36. The van der Waals surface area contributed by atoms with Crippen LogP contribution >= 0.6 is 0 Å². The van der Waals surface area contributed by atoms with Gasteiger partial charge in [0.05, 0.1) is 31.3 Å². The smallest absolute Gasteiger partial charge is 0.147 e. The van der Waals surface area contributed by atoms with E-state index >= 15 is 0 Å². The van der Waals surface area contributed by atoms with Gasteiger partial charge in [-0.3, -0.25) is 4.98 Å². The van der Waals surface area contributed by atoms with Gasteiger partial charge in [0, 0.05) is 13.1 Å². The van der Waals surface area contributed by atoms with Crippen molar-refractivity contribution in [3.8, 4) is 0 Å². The summed E-state index contributed by atoms with van der Waals surface area (Å²) < 4.78 is 5.36. The Morgan fingerprint density at radius 2 is 2.05 bits per heavy atom. The molecule has 2 fully saturated rings. The molecule has 3 heterocycles. The van der Waals surface area contributed by atoms with Crippen molar-refractivity contribution in [3.05, 3.63) is 18.1 Å². The van der Waals surface area contributed by atoms with Crippen molar-refractivity contribution in [1.82, 2.24) is 15.3 Å². The molecule has 0 bridgehead atoms. The monoisotopic (exact) mass is 276 g/mol. The van der Waals surface area contributed by atoms with Crippen LogP contribution in [-0.4, -0.2) is 49.4 Å². The van der Waals surface area contributed by atoms with Crippen LogP contribution in [0.3, 0.4) is 0 Å². The maximum Gasteiger partial charge on any atom is 0.147 e. The van der Waals surface area contributed by atoms with Gasteiger partial charge in [-0.1, -0.05) is 0 Å². The lowest BCUT2D eigenvalue weighted by molar-refractivity contribution is 0.122. The molecular formula is C15H24N4O. The van der Waals surface area contributed by atoms with Crippen molar-refractivity contribution in [2.45, 2.75) is 25.7 Å². The number of anilines is 1. The number of hydrogen-bond donors (Lipinski definition) is 1. The van der Waals surface area contributed by atoms with E-state index in [1.807, 2.05) is 12.4 Å². The number of ether oxygens (including phenoxy) is 1. The predicted octanol–water partition coefficient (Wildman–Crippen LogP) is 1.25. The van der Waals surface area contributed by atoms with Crippen LogP contribution < -0.4 is 10.2 Å². The fourth-order valence-corrected chi connectivity index (χ4v) is 3.00. The molecule has 20 heavy (non-hydrogen) atoms. The molecule has 5 nitrogen and oxygen atoms in total. The molecule has 1 aromatic heterocycles. The molecule has 110 valence electrons. The minimum absolute atomic E-state index is 0.758. The van der Waals surface area contributed by atoms with E-state index in [0.29, 0.717) is 0 Å². The molecule has 1 aromatic rings. The van der Waals surface area contributed by atoms with Crippen molar-refractivity contribution in [2.24, 2.45) is 5.92 Å². The number of hydrogen-bond acceptors (Lipinski definition) is 5. The van der Waals surface area contributed by atoms with Crippen LogP contribution in [0.1, 0.15) is 25.0 Å². The van der Waals surface area contributed by atoms with Gasteiger partial charge in [0.1, 0.15) is 5.82 Å². The largest absolute Gasteiger partial charge is 0.378 e. The number of aromatic nitrogens is 2. The van der Waals surface area contributed by atoms with E-state index < -0.39 is 0 Å². The molecule has 2 aliphatic rings. The summed E-state index contributed by atoms with van der Waals surface area (Å²) in [6.45, 7) is 5.73. The second-order valence-corrected chi connectivity index (χ2v) is 5.72. The van der Waals surface area contributed by atoms with Gasteiger partial charge in [-0.2, -0.15) is 0 Å². The molecule has 0 spiro atoms. The predicted molar refractivity (Wildman–Crippen MR) is 79.0 cm³/mol. The van der Waals surface area contributed by atoms with Gasteiger partial charge in [-0.25, -0.2) is 4.98 Å². The van der Waals surface area contributed by atoms with Crippen LogP contribution in [0.4, 0.5) is 5.82 Å². The first-order valence-corrected chi connectivity index (χ1v) is 7.76. The topological polar surface area (TPSA) is 50.3 Å². The first-order valence-electron chi connectivity index (χ1n) is 7.76. The molecule has 5 heteroatoms. The fraction of sp³-hybridized carbons (Fsp3) is 0.733. The molecule has 0 aliphatic carbocycles. The van der Waals surface area contributed by atoms with E-state index in [-0.39, 0.29) is 0 Å². The van der Waals surface area contributed by atoms with Crippen molar-refractivity contribution in [2.75, 3.05) is 44.3 Å². The van der Waals surface area contributed by atoms with Crippen LogP contribution in [0.25, 0.3) is 0 Å². The van der Waals surface area contributed by atoms with E-state index in [9.17, 15) is 0 Å². The van der Waals surface area contributed by atoms with Crippen molar-refractivity contribution in [3.63, 3.8) is 0 Å². The summed E-state index contributed by atoms with van der Waals surface area (Å²) in [6, 6.07) is 0. The second-order valence-electron chi connectivity index (χ2n) is 5.72. The Hall–Kier alpha value is -1.20. The normalized spacial score (nSPS) is 24.4. The Bertz CT molecular complexity index is 395. The molecule has 0 amide bonds. The Kier molecular flexibility index (Phi) is 4.82. The molecule has 2 aliphatic heterocycles. The van der Waals surface area contributed by atoms with Crippen molar-refractivity contribution < 1.29 is 4.74 Å². The molecule has 0 aromatic carbocycles. The van der Waals surface area contributed by atoms with Crippen LogP contribution in [0.5, 0.6) is 0 Å². The van der Waals surface area contributed by atoms with Crippen LogP contribution in [0.15, 0.2) is 12.4 Å². The number of nitrogens with one attached hydrogen (secondary N) is 1. The second kappa shape index (κ2) is 6.99. The Balaban J connectivity index is 1.57. The summed E-state index contributed by atoms with van der Waals surface area (Å²) >= 11 is 0. The summed E-state index contributed by atoms with van der Waals surface area (Å²) in [5.74, 6) is 1.74. The Morgan fingerprint density at radius 3 is 2.85 bits per heavy atom. The number of nitrogens with zero attached hydrogens (tertiary/aromatic N) is 3. The average Bonchev–Trinajstić information content (AvgIpc) is 2.78. The third kappa shape index (κ3) is 3.67. The first-order chi connectivity index (χ1) is 9.92. The highest BCUT2D eigenvalue weighted by atomic mass is 16.5. The zero-order valence-corrected chi connectivity index (χ0v) is 12.1. The fourth-order valence-electron chi connectivity index (χ4n) is 3.00. The lowest BCUT2D eigenvalue weighted by atomic mass is 9.95. The number of morpholine rings is 1. The van der Waals surface area contributed by atoms with Gasteiger partial charge in [0.15, 0.2) is 0 Å². The summed E-state index contributed by atoms with van der Waals surface area (Å²) in [5.41, 5.74) is 1.13. The maximum atomic E-state index is 5.36. The third-order valence-electron chi connectivity index (χ3n) is 4.22. The Morgan fingerprint density at radius 1 is 1.15 bits per heavy atom. The van der Waals surface area contributed by atoms with Crippen molar-refractivity contribution in [1.29, 1.82) is 0 Å². The van der Waals surface area contributed by atoms with E-state index in [1.54, 1.807) is 0 Å². The van der Waals surface area contributed by atoms with Gasteiger partial charge in [0.25, 0.3) is 0 Å². The van der Waals surface area contributed by atoms with Crippen LogP contribution in [-0.2, 0) is 11.2 Å². The molecule has 2 saturated heterocycles. The van der Waals surface area contributed by atoms with E-state index in [0.717, 1.165) is 63.2 Å². The zero-order valence-electron chi connectivity index (χ0n) is 12.1. The van der Waals surface area contributed by atoms with Crippen LogP contribution in [0, 0.1) is 5.92 Å². The molecule has 3 rings (SSSR count). The minimum atomic E-state index is 0.758. The number of rotatable bonds is 3. The summed E-state index contributed by atoms with van der Waals surface area (Å²) in [4.78, 5) is 11.4. The van der Waals surface area contributed by atoms with Crippen molar-refractivity contribution >= 4 is 5.82 Å². The summed E-state index contributed by atoms with van der Waals surface area (Å²) in [7, 11) is 0. The van der Waals surface area contributed by atoms with Gasteiger partial charge >= 0.3 is 0 Å². The highest BCUT2D eigenvalue weighted by Crippen LogP contribution is 2.19. The van der Waals surface area contributed by atoms with E-state index in [2.05, 4.69) is 20.2 Å². The van der Waals surface area contributed by atoms with Gasteiger partial charge < -0.3 is 15.0 Å². The van der Waals surface area contributed by atoms with Gasteiger partial charge in [0.2, 0.25) is 0 Å². The Labute approximate surface area is 120 Å². The molecule has 0 unspecified atom stereocenters. The molecule has 0 saturated carbocycles. The summed E-state index contributed by atoms with van der Waals surface area (Å²) in [6.07, 6.45) is 8.80. The molecule has 0 radical (unpaired) electrons. The quantitative estimate of drug-likeness (QED) is 0.900. The third-order valence-corrected chi connectivity index (χ3v) is 4.22. The average molecular weight is 276 g/mol. The van der Waals surface area contributed by atoms with Crippen LogP contribution in [0.2, 0.25) is 0 Å². The minimum Gasteiger partial charge on any atom is -0.378 e. The SMILES string of the molecule is c1nc(N2CCOCC2)cnc1C[C@H]1CCCNCC1. The summed E-state index contributed by atoms with van der Waals surface area (Å²) in [5, 5.41) is 3.46. The highest BCUT2D eigenvalue weighted by molar-refractivity contribution is 5.36. The lowest BCUT2D eigenvalue weighted by Crippen LogP contribution is -2.36. The molecular weight excluding hydrogens is 252 g/mol. The molecule has 1 N–H and O–H groups in total. The van der Waals surface area contributed by atoms with Gasteiger partial charge in [-0.05, 0) is 44.7 Å². The molecule has 1 atom stereocenters. The lowest BCUT2D eigenvalue weighted by Gasteiger charge is -2.27. The highest BCUT2D eigenvalue weighted by Gasteiger charge is 2.15. The standard InChI is InChI=1S/C15H24N4O/c1-2-13(3-5-16-4-1)10-14-11-18-15(12-17-14)19-6-8-20-9-7-19/h11-13,16H,1-10H2/t13-/m0/s1. The van der Waals surface area contributed by atoms with E-state index in [4.69, 9.17) is 4.74 Å². The zero-order chi connectivity index (χ0) is 13.6.